The van der Waals surface area contributed by atoms with Gasteiger partial charge in [-0.25, -0.2) is 4.72 Å². The van der Waals surface area contributed by atoms with Gasteiger partial charge in [0.2, 0.25) is 0 Å². The number of amides is 1. The summed E-state index contributed by atoms with van der Waals surface area (Å²) in [6, 6.07) is 3.25. The zero-order valence-corrected chi connectivity index (χ0v) is 10.9. The van der Waals surface area contributed by atoms with Gasteiger partial charge in [0, 0.05) is 5.54 Å². The molecular formula is C9H14N2O3S2. The maximum absolute atomic E-state index is 11.5. The Morgan fingerprint density at radius 1 is 1.38 bits per heavy atom. The fraction of sp³-hybridized carbons (Fsp3) is 0.444. The van der Waals surface area contributed by atoms with Gasteiger partial charge in [-0.3, -0.25) is 4.79 Å². The highest BCUT2D eigenvalue weighted by molar-refractivity contribution is 7.88. The summed E-state index contributed by atoms with van der Waals surface area (Å²) in [6.07, 6.45) is 0. The van der Waals surface area contributed by atoms with Gasteiger partial charge >= 0.3 is 10.2 Å². The maximum atomic E-state index is 11.5. The van der Waals surface area contributed by atoms with Crippen LogP contribution in [0.4, 0.5) is 0 Å². The molecule has 0 aliphatic heterocycles. The minimum Gasteiger partial charge on any atom is -0.267 e. The van der Waals surface area contributed by atoms with Gasteiger partial charge < -0.3 is 0 Å². The first-order valence-electron chi connectivity index (χ1n) is 4.59. The Labute approximate surface area is 99.1 Å². The summed E-state index contributed by atoms with van der Waals surface area (Å²) >= 11 is 1.19. The summed E-state index contributed by atoms with van der Waals surface area (Å²) in [6.45, 7) is 5.09. The fourth-order valence-electron chi connectivity index (χ4n) is 1.01. The molecule has 0 radical (unpaired) electrons. The molecule has 16 heavy (non-hydrogen) atoms. The van der Waals surface area contributed by atoms with Crippen LogP contribution in [0.25, 0.3) is 0 Å². The van der Waals surface area contributed by atoms with E-state index in [1.165, 1.54) is 11.3 Å². The molecule has 0 bridgehead atoms. The third-order valence-electron chi connectivity index (χ3n) is 1.41. The van der Waals surface area contributed by atoms with Crippen LogP contribution in [-0.4, -0.2) is 19.9 Å². The van der Waals surface area contributed by atoms with E-state index in [0.29, 0.717) is 4.88 Å². The smallest absolute Gasteiger partial charge is 0.267 e. The molecule has 1 aromatic rings. The Hall–Kier alpha value is -0.920. The van der Waals surface area contributed by atoms with Crippen LogP contribution < -0.4 is 9.44 Å². The van der Waals surface area contributed by atoms with Gasteiger partial charge in [0.15, 0.2) is 0 Å². The Kier molecular flexibility index (Phi) is 3.72. The average Bonchev–Trinajstić information content (AvgIpc) is 2.48. The van der Waals surface area contributed by atoms with Crippen molar-refractivity contribution in [2.75, 3.05) is 0 Å². The Balaban J connectivity index is 2.71. The van der Waals surface area contributed by atoms with E-state index in [2.05, 4.69) is 4.72 Å². The number of hydrogen-bond donors (Lipinski definition) is 2. The van der Waals surface area contributed by atoms with E-state index in [9.17, 15) is 13.2 Å². The number of hydrogen-bond acceptors (Lipinski definition) is 4. The predicted molar refractivity (Wildman–Crippen MR) is 63.6 cm³/mol. The molecule has 0 aliphatic carbocycles. The molecule has 0 atom stereocenters. The highest BCUT2D eigenvalue weighted by Gasteiger charge is 2.22. The lowest BCUT2D eigenvalue weighted by molar-refractivity contribution is 0.0984. The standard InChI is InChI=1S/C9H14N2O3S2/c1-9(2,3)11-16(13,14)10-8(12)7-5-4-6-15-7/h4-6,11H,1-3H3,(H,10,12). The van der Waals surface area contributed by atoms with Crippen molar-refractivity contribution in [2.45, 2.75) is 26.3 Å². The van der Waals surface area contributed by atoms with Crippen molar-refractivity contribution in [2.24, 2.45) is 0 Å². The van der Waals surface area contributed by atoms with E-state index < -0.39 is 21.7 Å². The quantitative estimate of drug-likeness (QED) is 0.857. The van der Waals surface area contributed by atoms with Crippen molar-refractivity contribution in [1.82, 2.24) is 9.44 Å². The number of thiophene rings is 1. The van der Waals surface area contributed by atoms with Crippen molar-refractivity contribution in [3.63, 3.8) is 0 Å². The van der Waals surface area contributed by atoms with Crippen LogP contribution >= 0.6 is 11.3 Å². The summed E-state index contributed by atoms with van der Waals surface area (Å²) in [4.78, 5) is 11.8. The van der Waals surface area contributed by atoms with Gasteiger partial charge in [-0.1, -0.05) is 6.07 Å². The molecule has 90 valence electrons. The van der Waals surface area contributed by atoms with Crippen molar-refractivity contribution in [3.8, 4) is 0 Å². The van der Waals surface area contributed by atoms with Crippen molar-refractivity contribution in [1.29, 1.82) is 0 Å². The summed E-state index contributed by atoms with van der Waals surface area (Å²) in [7, 11) is -3.81. The Morgan fingerprint density at radius 2 is 2.00 bits per heavy atom. The third-order valence-corrected chi connectivity index (χ3v) is 3.62. The molecule has 1 heterocycles. The summed E-state index contributed by atoms with van der Waals surface area (Å²) in [5.74, 6) is -0.619. The van der Waals surface area contributed by atoms with Gasteiger partial charge in [-0.05, 0) is 32.2 Å². The van der Waals surface area contributed by atoms with Gasteiger partial charge in [0.05, 0.1) is 4.88 Å². The van der Waals surface area contributed by atoms with Crippen molar-refractivity contribution >= 4 is 27.5 Å². The molecule has 1 amide bonds. The summed E-state index contributed by atoms with van der Waals surface area (Å²) in [5, 5.41) is 1.71. The zero-order chi connectivity index (χ0) is 12.4. The van der Waals surface area contributed by atoms with E-state index in [1.807, 2.05) is 4.72 Å². The number of carbonyl (C=O) groups excluding carboxylic acids is 1. The van der Waals surface area contributed by atoms with Crippen LogP contribution in [0.2, 0.25) is 0 Å². The first-order valence-corrected chi connectivity index (χ1v) is 6.95. The lowest BCUT2D eigenvalue weighted by atomic mass is 10.1. The second-order valence-electron chi connectivity index (χ2n) is 4.26. The first kappa shape index (κ1) is 13.1. The normalized spacial score (nSPS) is 12.4. The topological polar surface area (TPSA) is 75.3 Å². The molecule has 0 saturated heterocycles. The molecule has 0 unspecified atom stereocenters. The van der Waals surface area contributed by atoms with Crippen LogP contribution in [0.15, 0.2) is 17.5 Å². The van der Waals surface area contributed by atoms with Gasteiger partial charge in [-0.2, -0.15) is 13.1 Å². The Bertz CT molecular complexity index is 457. The van der Waals surface area contributed by atoms with E-state index in [1.54, 1.807) is 38.3 Å². The minimum atomic E-state index is -3.81. The highest BCUT2D eigenvalue weighted by atomic mass is 32.2. The molecule has 5 nitrogen and oxygen atoms in total. The SMILES string of the molecule is CC(C)(C)NS(=O)(=O)NC(=O)c1cccs1. The van der Waals surface area contributed by atoms with Gasteiger partial charge in [0.1, 0.15) is 0 Å². The molecule has 0 spiro atoms. The number of carbonyl (C=O) groups is 1. The van der Waals surface area contributed by atoms with Crippen LogP contribution in [0.3, 0.4) is 0 Å². The molecule has 2 N–H and O–H groups in total. The Morgan fingerprint density at radius 3 is 2.44 bits per heavy atom. The van der Waals surface area contributed by atoms with Gasteiger partial charge in [-0.15, -0.1) is 11.3 Å². The molecule has 0 fully saturated rings. The lowest BCUT2D eigenvalue weighted by Gasteiger charge is -2.20. The second-order valence-corrected chi connectivity index (χ2v) is 6.63. The molecular weight excluding hydrogens is 248 g/mol. The van der Waals surface area contributed by atoms with E-state index in [4.69, 9.17) is 0 Å². The maximum Gasteiger partial charge on any atom is 0.302 e. The summed E-state index contributed by atoms with van der Waals surface area (Å²) < 4.78 is 27.3. The second kappa shape index (κ2) is 4.52. The van der Waals surface area contributed by atoms with Crippen LogP contribution in [-0.2, 0) is 10.2 Å². The highest BCUT2D eigenvalue weighted by Crippen LogP contribution is 2.08. The molecule has 0 aliphatic rings. The monoisotopic (exact) mass is 262 g/mol. The fourth-order valence-corrected chi connectivity index (χ4v) is 2.90. The number of nitrogens with one attached hydrogen (secondary N) is 2. The molecule has 0 aromatic carbocycles. The van der Waals surface area contributed by atoms with E-state index >= 15 is 0 Å². The van der Waals surface area contributed by atoms with Crippen molar-refractivity contribution in [3.05, 3.63) is 22.4 Å². The lowest BCUT2D eigenvalue weighted by Crippen LogP contribution is -2.48. The molecule has 7 heteroatoms. The first-order chi connectivity index (χ1) is 7.20. The van der Waals surface area contributed by atoms with Crippen LogP contribution in [0.1, 0.15) is 30.4 Å². The van der Waals surface area contributed by atoms with Crippen LogP contribution in [0.5, 0.6) is 0 Å². The minimum absolute atomic E-state index is 0.360. The third kappa shape index (κ3) is 4.30. The predicted octanol–water partition coefficient (Wildman–Crippen LogP) is 1.11. The molecule has 1 aromatic heterocycles. The number of rotatable bonds is 3. The largest absolute Gasteiger partial charge is 0.302 e. The average molecular weight is 262 g/mol. The van der Waals surface area contributed by atoms with E-state index in [-0.39, 0.29) is 0 Å². The summed E-state index contributed by atoms with van der Waals surface area (Å²) in [5.41, 5.74) is -0.623. The van der Waals surface area contributed by atoms with Crippen LogP contribution in [0, 0.1) is 0 Å². The van der Waals surface area contributed by atoms with Gasteiger partial charge in [0.25, 0.3) is 5.91 Å². The van der Waals surface area contributed by atoms with Crippen molar-refractivity contribution < 1.29 is 13.2 Å². The zero-order valence-electron chi connectivity index (χ0n) is 9.27. The molecule has 0 saturated carbocycles. The molecule has 1 rings (SSSR count). The van der Waals surface area contributed by atoms with E-state index in [0.717, 1.165) is 0 Å².